The predicted octanol–water partition coefficient (Wildman–Crippen LogP) is 2.57. The highest BCUT2D eigenvalue weighted by Gasteiger charge is 2.12. The molecule has 0 unspecified atom stereocenters. The Balaban J connectivity index is 2.56. The van der Waals surface area contributed by atoms with E-state index in [1.54, 1.807) is 24.4 Å². The highest BCUT2D eigenvalue weighted by Crippen LogP contribution is 2.27. The maximum atomic E-state index is 13.7. The molecule has 1 amide bonds. The number of nitrogens with zero attached hydrogens (tertiary/aromatic N) is 1. The summed E-state index contributed by atoms with van der Waals surface area (Å²) >= 11 is 5.84. The van der Waals surface area contributed by atoms with Crippen molar-refractivity contribution in [3.8, 4) is 11.1 Å². The van der Waals surface area contributed by atoms with Crippen molar-refractivity contribution in [1.82, 2.24) is 4.98 Å². The Morgan fingerprint density at radius 2 is 2.17 bits per heavy atom. The third-order valence-electron chi connectivity index (χ3n) is 2.49. The summed E-state index contributed by atoms with van der Waals surface area (Å²) in [4.78, 5) is 14.9. The first kappa shape index (κ1) is 12.5. The molecular formula is C13H10ClFN2O. The van der Waals surface area contributed by atoms with Crippen LogP contribution in [0.1, 0.15) is 5.56 Å². The molecule has 1 aromatic heterocycles. The summed E-state index contributed by atoms with van der Waals surface area (Å²) in [5.74, 6) is -1.05. The van der Waals surface area contributed by atoms with E-state index in [-0.39, 0.29) is 12.0 Å². The smallest absolute Gasteiger partial charge is 0.221 e. The van der Waals surface area contributed by atoms with Gasteiger partial charge in [0.2, 0.25) is 5.91 Å². The van der Waals surface area contributed by atoms with Crippen LogP contribution in [0.5, 0.6) is 0 Å². The number of pyridine rings is 1. The van der Waals surface area contributed by atoms with E-state index in [1.165, 1.54) is 12.3 Å². The molecule has 0 aliphatic heterocycles. The molecule has 1 heterocycles. The van der Waals surface area contributed by atoms with E-state index in [2.05, 4.69) is 4.98 Å². The van der Waals surface area contributed by atoms with Crippen LogP contribution in [-0.2, 0) is 11.2 Å². The number of hydrogen-bond donors (Lipinski definition) is 1. The summed E-state index contributed by atoms with van der Waals surface area (Å²) in [6, 6.07) is 6.22. The van der Waals surface area contributed by atoms with E-state index in [0.717, 1.165) is 0 Å². The molecule has 0 saturated carbocycles. The Bertz CT molecular complexity index is 601. The van der Waals surface area contributed by atoms with Crippen molar-refractivity contribution in [3.63, 3.8) is 0 Å². The minimum Gasteiger partial charge on any atom is -0.369 e. The molecule has 1 aromatic carbocycles. The van der Waals surface area contributed by atoms with E-state index >= 15 is 0 Å². The molecular weight excluding hydrogens is 255 g/mol. The minimum atomic E-state index is -0.587. The monoisotopic (exact) mass is 264 g/mol. The topological polar surface area (TPSA) is 56.0 Å². The van der Waals surface area contributed by atoms with Crippen molar-refractivity contribution in [2.45, 2.75) is 6.42 Å². The Morgan fingerprint density at radius 3 is 2.83 bits per heavy atom. The van der Waals surface area contributed by atoms with Crippen LogP contribution in [0, 0.1) is 5.82 Å². The summed E-state index contributed by atoms with van der Waals surface area (Å²) in [5, 5.41) is 0.446. The number of nitrogens with two attached hydrogens (primary N) is 1. The second-order valence-electron chi connectivity index (χ2n) is 3.80. The molecule has 0 spiro atoms. The van der Waals surface area contributed by atoms with Crippen molar-refractivity contribution in [2.75, 3.05) is 0 Å². The first-order valence-corrected chi connectivity index (χ1v) is 5.62. The van der Waals surface area contributed by atoms with Crippen LogP contribution in [-0.4, -0.2) is 10.9 Å². The van der Waals surface area contributed by atoms with Gasteiger partial charge in [0.05, 0.1) is 11.4 Å². The standard InChI is InChI=1S/C13H10ClFN2O/c14-9-4-8(6-17-7-9)10-2-1-3-12(15)11(10)5-13(16)18/h1-4,6-7H,5H2,(H2,16,18). The van der Waals surface area contributed by atoms with Crippen LogP contribution in [0.3, 0.4) is 0 Å². The van der Waals surface area contributed by atoms with E-state index < -0.39 is 11.7 Å². The van der Waals surface area contributed by atoms with Gasteiger partial charge < -0.3 is 5.73 Å². The lowest BCUT2D eigenvalue weighted by atomic mass is 9.98. The van der Waals surface area contributed by atoms with Crippen LogP contribution in [0.25, 0.3) is 11.1 Å². The van der Waals surface area contributed by atoms with E-state index in [9.17, 15) is 9.18 Å². The van der Waals surface area contributed by atoms with Gasteiger partial charge in [0, 0.05) is 23.5 Å². The Morgan fingerprint density at radius 1 is 1.39 bits per heavy atom. The third-order valence-corrected chi connectivity index (χ3v) is 2.69. The summed E-state index contributed by atoms with van der Waals surface area (Å²) in [5.41, 5.74) is 6.61. The zero-order valence-corrected chi connectivity index (χ0v) is 10.1. The molecule has 2 rings (SSSR count). The average Bonchev–Trinajstić information content (AvgIpc) is 2.31. The van der Waals surface area contributed by atoms with Gasteiger partial charge in [0.1, 0.15) is 5.82 Å². The van der Waals surface area contributed by atoms with Crippen LogP contribution < -0.4 is 5.73 Å². The van der Waals surface area contributed by atoms with Gasteiger partial charge >= 0.3 is 0 Å². The summed E-state index contributed by atoms with van der Waals surface area (Å²) in [6.45, 7) is 0. The molecule has 5 heteroatoms. The number of rotatable bonds is 3. The van der Waals surface area contributed by atoms with Crippen LogP contribution in [0.2, 0.25) is 5.02 Å². The van der Waals surface area contributed by atoms with Gasteiger partial charge in [-0.2, -0.15) is 0 Å². The molecule has 0 aliphatic rings. The lowest BCUT2D eigenvalue weighted by Crippen LogP contribution is -2.15. The number of carbonyl (C=O) groups excluding carboxylic acids is 1. The molecule has 0 radical (unpaired) electrons. The SMILES string of the molecule is NC(=O)Cc1c(F)cccc1-c1cncc(Cl)c1. The fourth-order valence-corrected chi connectivity index (χ4v) is 1.92. The number of primary amides is 1. The lowest BCUT2D eigenvalue weighted by molar-refractivity contribution is -0.117. The third kappa shape index (κ3) is 2.65. The maximum Gasteiger partial charge on any atom is 0.221 e. The fourth-order valence-electron chi connectivity index (χ4n) is 1.74. The number of benzene rings is 1. The van der Waals surface area contributed by atoms with Gasteiger partial charge in [-0.3, -0.25) is 9.78 Å². The molecule has 0 saturated heterocycles. The molecule has 0 fully saturated rings. The Hall–Kier alpha value is -1.94. The molecule has 3 nitrogen and oxygen atoms in total. The average molecular weight is 265 g/mol. The van der Waals surface area contributed by atoms with Gasteiger partial charge in [0.25, 0.3) is 0 Å². The zero-order valence-electron chi connectivity index (χ0n) is 9.36. The number of aromatic nitrogens is 1. The second kappa shape index (κ2) is 5.14. The molecule has 2 aromatic rings. The maximum absolute atomic E-state index is 13.7. The van der Waals surface area contributed by atoms with Crippen LogP contribution in [0.4, 0.5) is 4.39 Å². The quantitative estimate of drug-likeness (QED) is 0.926. The van der Waals surface area contributed by atoms with Crippen molar-refractivity contribution >= 4 is 17.5 Å². The van der Waals surface area contributed by atoms with Crippen molar-refractivity contribution in [1.29, 1.82) is 0 Å². The van der Waals surface area contributed by atoms with Crippen LogP contribution in [0.15, 0.2) is 36.7 Å². The normalized spacial score (nSPS) is 10.3. The van der Waals surface area contributed by atoms with Crippen molar-refractivity contribution in [2.24, 2.45) is 5.73 Å². The first-order valence-electron chi connectivity index (χ1n) is 5.24. The molecule has 2 N–H and O–H groups in total. The predicted molar refractivity (Wildman–Crippen MR) is 67.5 cm³/mol. The van der Waals surface area contributed by atoms with Crippen molar-refractivity contribution in [3.05, 3.63) is 53.1 Å². The van der Waals surface area contributed by atoms with E-state index in [0.29, 0.717) is 16.1 Å². The van der Waals surface area contributed by atoms with Gasteiger partial charge in [-0.1, -0.05) is 23.7 Å². The number of carbonyl (C=O) groups is 1. The van der Waals surface area contributed by atoms with Gasteiger partial charge in [-0.25, -0.2) is 4.39 Å². The highest BCUT2D eigenvalue weighted by atomic mass is 35.5. The summed E-state index contributed by atoms with van der Waals surface area (Å²) < 4.78 is 13.7. The lowest BCUT2D eigenvalue weighted by Gasteiger charge is -2.09. The van der Waals surface area contributed by atoms with Gasteiger partial charge in [0.15, 0.2) is 0 Å². The zero-order chi connectivity index (χ0) is 13.1. The fraction of sp³-hybridized carbons (Fsp3) is 0.0769. The Labute approximate surface area is 108 Å². The highest BCUT2D eigenvalue weighted by molar-refractivity contribution is 6.30. The molecule has 0 atom stereocenters. The number of hydrogen-bond acceptors (Lipinski definition) is 2. The first-order chi connectivity index (χ1) is 8.58. The molecule has 0 aliphatic carbocycles. The number of amides is 1. The molecule has 92 valence electrons. The van der Waals surface area contributed by atoms with Gasteiger partial charge in [-0.05, 0) is 17.7 Å². The number of halogens is 2. The van der Waals surface area contributed by atoms with Crippen LogP contribution >= 0.6 is 11.6 Å². The summed E-state index contributed by atoms with van der Waals surface area (Å²) in [6.07, 6.45) is 2.89. The van der Waals surface area contributed by atoms with Crippen molar-refractivity contribution < 1.29 is 9.18 Å². The Kier molecular flexibility index (Phi) is 3.58. The summed E-state index contributed by atoms with van der Waals surface area (Å²) in [7, 11) is 0. The largest absolute Gasteiger partial charge is 0.369 e. The minimum absolute atomic E-state index is 0.158. The van der Waals surface area contributed by atoms with E-state index in [4.69, 9.17) is 17.3 Å². The molecule has 0 bridgehead atoms. The van der Waals surface area contributed by atoms with E-state index in [1.807, 2.05) is 0 Å². The van der Waals surface area contributed by atoms with Gasteiger partial charge in [-0.15, -0.1) is 0 Å². The molecule has 18 heavy (non-hydrogen) atoms. The second-order valence-corrected chi connectivity index (χ2v) is 4.24.